The molecule has 1 aliphatic rings. The molecule has 0 saturated heterocycles. The molecule has 0 unspecified atom stereocenters. The van der Waals surface area contributed by atoms with Gasteiger partial charge in [-0.15, -0.1) is 0 Å². The molecule has 1 saturated carbocycles. The van der Waals surface area contributed by atoms with Crippen LogP contribution in [-0.4, -0.2) is 14.9 Å². The maximum Gasteiger partial charge on any atom is 0.189 e. The lowest BCUT2D eigenvalue weighted by molar-refractivity contribution is 0.277. The van der Waals surface area contributed by atoms with Crippen LogP contribution in [0.4, 0.5) is 0 Å². The van der Waals surface area contributed by atoms with Crippen molar-refractivity contribution in [1.29, 1.82) is 0 Å². The highest BCUT2D eigenvalue weighted by Crippen LogP contribution is 2.37. The summed E-state index contributed by atoms with van der Waals surface area (Å²) in [6, 6.07) is 0. The Morgan fingerprint density at radius 2 is 1.59 bits per heavy atom. The molecule has 0 N–H and O–H groups in total. The molecule has 2 heteroatoms. The van der Waals surface area contributed by atoms with Gasteiger partial charge in [-0.3, -0.25) is 0 Å². The standard InChI is InChI=1S/C15H32OSi/c1-4-5-6-7-11-14-16-17(2,3)15-12-9-8-10-13-15/h15H,4-14H2,1-3H3. The van der Waals surface area contributed by atoms with Gasteiger partial charge in [0.2, 0.25) is 0 Å². The summed E-state index contributed by atoms with van der Waals surface area (Å²) in [6.45, 7) is 8.18. The van der Waals surface area contributed by atoms with Gasteiger partial charge in [0.25, 0.3) is 0 Å². The molecule has 0 radical (unpaired) electrons. The topological polar surface area (TPSA) is 9.23 Å². The predicted octanol–water partition coefficient (Wildman–Crippen LogP) is 5.51. The molecule has 1 rings (SSSR count). The van der Waals surface area contributed by atoms with E-state index < -0.39 is 8.32 Å². The van der Waals surface area contributed by atoms with Gasteiger partial charge in [0.05, 0.1) is 0 Å². The summed E-state index contributed by atoms with van der Waals surface area (Å²) in [5.41, 5.74) is 0.937. The van der Waals surface area contributed by atoms with Crippen molar-refractivity contribution in [3.8, 4) is 0 Å². The third-order valence-corrected chi connectivity index (χ3v) is 7.80. The van der Waals surface area contributed by atoms with E-state index in [4.69, 9.17) is 4.43 Å². The first-order chi connectivity index (χ1) is 8.17. The molecule has 0 bridgehead atoms. The lowest BCUT2D eigenvalue weighted by atomic mass is 10.0. The van der Waals surface area contributed by atoms with Gasteiger partial charge in [-0.1, -0.05) is 64.7 Å². The van der Waals surface area contributed by atoms with E-state index in [-0.39, 0.29) is 0 Å². The van der Waals surface area contributed by atoms with Gasteiger partial charge in [-0.05, 0) is 25.1 Å². The van der Waals surface area contributed by atoms with E-state index in [1.54, 1.807) is 0 Å². The van der Waals surface area contributed by atoms with Crippen LogP contribution in [0.5, 0.6) is 0 Å². The molecular weight excluding hydrogens is 224 g/mol. The van der Waals surface area contributed by atoms with E-state index in [0.717, 1.165) is 12.1 Å². The first-order valence-corrected chi connectivity index (χ1v) is 10.8. The molecule has 0 spiro atoms. The van der Waals surface area contributed by atoms with Crippen molar-refractivity contribution in [1.82, 2.24) is 0 Å². The van der Waals surface area contributed by atoms with Crippen LogP contribution in [0.2, 0.25) is 18.6 Å². The second-order valence-corrected chi connectivity index (χ2v) is 10.5. The molecule has 0 aromatic heterocycles. The molecule has 17 heavy (non-hydrogen) atoms. The lowest BCUT2D eigenvalue weighted by Gasteiger charge is -2.34. The van der Waals surface area contributed by atoms with Crippen molar-refractivity contribution < 1.29 is 4.43 Å². The van der Waals surface area contributed by atoms with Crippen molar-refractivity contribution in [3.05, 3.63) is 0 Å². The van der Waals surface area contributed by atoms with Gasteiger partial charge in [-0.2, -0.15) is 0 Å². The maximum atomic E-state index is 6.29. The Kier molecular flexibility index (Phi) is 7.45. The Balaban J connectivity index is 2.10. The first-order valence-electron chi connectivity index (χ1n) is 7.81. The Labute approximate surface area is 109 Å². The minimum Gasteiger partial charge on any atom is -0.417 e. The molecule has 1 fully saturated rings. The SMILES string of the molecule is CCCCCCCO[Si](C)(C)C1CCCCC1. The van der Waals surface area contributed by atoms with Gasteiger partial charge in [0.1, 0.15) is 0 Å². The molecule has 0 aromatic rings. The zero-order valence-corrected chi connectivity index (χ0v) is 13.3. The van der Waals surface area contributed by atoms with E-state index in [2.05, 4.69) is 20.0 Å². The molecule has 0 amide bonds. The number of unbranched alkanes of at least 4 members (excludes halogenated alkanes) is 4. The normalized spacial score (nSPS) is 18.5. The monoisotopic (exact) mass is 256 g/mol. The molecule has 0 heterocycles. The van der Waals surface area contributed by atoms with Crippen LogP contribution in [0.3, 0.4) is 0 Å². The van der Waals surface area contributed by atoms with Crippen molar-refractivity contribution in [3.63, 3.8) is 0 Å². The summed E-state index contributed by atoms with van der Waals surface area (Å²) in [5, 5.41) is 0. The summed E-state index contributed by atoms with van der Waals surface area (Å²) in [4.78, 5) is 0. The van der Waals surface area contributed by atoms with Crippen molar-refractivity contribution in [2.75, 3.05) is 6.61 Å². The number of hydrogen-bond donors (Lipinski definition) is 0. The fourth-order valence-corrected chi connectivity index (χ4v) is 5.66. The quantitative estimate of drug-likeness (QED) is 0.411. The highest BCUT2D eigenvalue weighted by Gasteiger charge is 2.34. The Bertz CT molecular complexity index is 185. The van der Waals surface area contributed by atoms with E-state index in [1.807, 2.05) is 0 Å². The van der Waals surface area contributed by atoms with Gasteiger partial charge in [0, 0.05) is 6.61 Å². The Hall–Kier alpha value is 0.177. The Morgan fingerprint density at radius 3 is 2.24 bits per heavy atom. The van der Waals surface area contributed by atoms with Gasteiger partial charge in [-0.25, -0.2) is 0 Å². The van der Waals surface area contributed by atoms with Crippen molar-refractivity contribution >= 4 is 8.32 Å². The summed E-state index contributed by atoms with van der Waals surface area (Å²) < 4.78 is 6.29. The molecule has 0 atom stereocenters. The fourth-order valence-electron chi connectivity index (χ4n) is 2.96. The zero-order valence-electron chi connectivity index (χ0n) is 12.3. The van der Waals surface area contributed by atoms with E-state index in [0.29, 0.717) is 0 Å². The van der Waals surface area contributed by atoms with E-state index in [9.17, 15) is 0 Å². The average Bonchev–Trinajstić information content (AvgIpc) is 2.35. The maximum absolute atomic E-state index is 6.29. The minimum atomic E-state index is -1.37. The highest BCUT2D eigenvalue weighted by molar-refractivity contribution is 6.72. The van der Waals surface area contributed by atoms with Gasteiger partial charge < -0.3 is 4.43 Å². The molecule has 0 aromatic carbocycles. The Morgan fingerprint density at radius 1 is 0.941 bits per heavy atom. The molecular formula is C15H32OSi. The second kappa shape index (κ2) is 8.31. The van der Waals surface area contributed by atoms with Crippen LogP contribution in [-0.2, 0) is 4.43 Å². The van der Waals surface area contributed by atoms with E-state index in [1.165, 1.54) is 64.2 Å². The fraction of sp³-hybridized carbons (Fsp3) is 1.00. The zero-order chi connectivity index (χ0) is 12.6. The molecule has 102 valence electrons. The van der Waals surface area contributed by atoms with E-state index >= 15 is 0 Å². The second-order valence-electron chi connectivity index (χ2n) is 6.20. The van der Waals surface area contributed by atoms with Crippen LogP contribution in [0, 0.1) is 0 Å². The lowest BCUT2D eigenvalue weighted by Crippen LogP contribution is -2.38. The third-order valence-electron chi connectivity index (χ3n) is 4.31. The van der Waals surface area contributed by atoms with Gasteiger partial charge in [0.15, 0.2) is 8.32 Å². The molecule has 0 aliphatic heterocycles. The third kappa shape index (κ3) is 6.05. The first kappa shape index (κ1) is 15.2. The van der Waals surface area contributed by atoms with Crippen LogP contribution < -0.4 is 0 Å². The summed E-state index contributed by atoms with van der Waals surface area (Å²) >= 11 is 0. The smallest absolute Gasteiger partial charge is 0.189 e. The number of hydrogen-bond acceptors (Lipinski definition) is 1. The highest BCUT2D eigenvalue weighted by atomic mass is 28.4. The summed E-state index contributed by atoms with van der Waals surface area (Å²) in [5.74, 6) is 0. The minimum absolute atomic E-state index is 0.937. The van der Waals surface area contributed by atoms with Crippen LogP contribution in [0.15, 0.2) is 0 Å². The van der Waals surface area contributed by atoms with Crippen molar-refractivity contribution in [2.45, 2.75) is 89.8 Å². The summed E-state index contributed by atoms with van der Waals surface area (Å²) in [6.07, 6.45) is 14.0. The van der Waals surface area contributed by atoms with Gasteiger partial charge >= 0.3 is 0 Å². The van der Waals surface area contributed by atoms with Crippen LogP contribution in [0.1, 0.15) is 71.1 Å². The number of rotatable bonds is 8. The average molecular weight is 257 g/mol. The molecule has 1 nitrogen and oxygen atoms in total. The van der Waals surface area contributed by atoms with Crippen molar-refractivity contribution in [2.24, 2.45) is 0 Å². The van der Waals surface area contributed by atoms with Crippen LogP contribution in [0.25, 0.3) is 0 Å². The summed E-state index contributed by atoms with van der Waals surface area (Å²) in [7, 11) is -1.37. The molecule has 1 aliphatic carbocycles. The predicted molar refractivity (Wildman–Crippen MR) is 79.0 cm³/mol. The largest absolute Gasteiger partial charge is 0.417 e. The van der Waals surface area contributed by atoms with Crippen LogP contribution >= 0.6 is 0 Å².